The van der Waals surface area contributed by atoms with Gasteiger partial charge in [-0.1, -0.05) is 288 Å². The zero-order valence-electron chi connectivity index (χ0n) is 60.6. The van der Waals surface area contributed by atoms with Crippen molar-refractivity contribution in [3.63, 3.8) is 0 Å². The zero-order valence-corrected chi connectivity index (χ0v) is 64.7. The van der Waals surface area contributed by atoms with Crippen LogP contribution in [0, 0.1) is 11.8 Å². The lowest BCUT2D eigenvalue weighted by atomic mass is 9.95. The maximum absolute atomic E-state index is 13.4. The van der Waals surface area contributed by atoms with Crippen molar-refractivity contribution in [3.05, 3.63) is 204 Å². The first-order valence-corrected chi connectivity index (χ1v) is 42.1. The number of thiophene rings is 4. The molecule has 0 spiro atoms. The fraction of sp³-hybridized carbons (Fsp3) is 0.356. The molecule has 12 aromatic rings. The van der Waals surface area contributed by atoms with Crippen LogP contribution in [-0.4, -0.2) is 28.7 Å². The van der Waals surface area contributed by atoms with E-state index in [1.54, 1.807) is 12.5 Å². The smallest absolute Gasteiger partial charge is 0.309 e. The molecule has 0 aliphatic heterocycles. The van der Waals surface area contributed by atoms with Crippen LogP contribution in [0.15, 0.2) is 182 Å². The van der Waals surface area contributed by atoms with Crippen molar-refractivity contribution in [2.75, 3.05) is 12.5 Å². The molecule has 10 heteroatoms. The first-order chi connectivity index (χ1) is 48.8. The van der Waals surface area contributed by atoms with E-state index in [1.807, 2.05) is 45.3 Å². The van der Waals surface area contributed by atoms with Gasteiger partial charge in [0.2, 0.25) is 0 Å². The summed E-state index contributed by atoms with van der Waals surface area (Å²) in [5, 5.41) is 5.35. The molecule has 4 heterocycles. The van der Waals surface area contributed by atoms with Crippen molar-refractivity contribution in [3.8, 4) is 44.5 Å². The molecule has 4 atom stereocenters. The molecule has 522 valence electrons. The molecule has 0 bridgehead atoms. The molecule has 0 N–H and O–H groups in total. The minimum Gasteiger partial charge on any atom is -0.457 e. The van der Waals surface area contributed by atoms with Crippen LogP contribution in [0.4, 0.5) is 0 Å². The molecule has 0 saturated carbocycles. The van der Waals surface area contributed by atoms with Gasteiger partial charge in [0, 0.05) is 63.7 Å². The summed E-state index contributed by atoms with van der Waals surface area (Å²) in [6.45, 7) is 17.2. The van der Waals surface area contributed by atoms with Gasteiger partial charge in [-0.3, -0.25) is 13.8 Å². The Balaban J connectivity index is 0.000000236. The van der Waals surface area contributed by atoms with Crippen molar-refractivity contribution < 1.29 is 23.3 Å². The number of carbonyl (C=O) groups is 2. The summed E-state index contributed by atoms with van der Waals surface area (Å²) in [4.78, 5) is 26.8. The van der Waals surface area contributed by atoms with Gasteiger partial charge in [0.15, 0.2) is 0 Å². The number of carbonyl (C=O) groups excluding carboxylic acids is 2. The third-order valence-corrected chi connectivity index (χ3v) is 24.2. The predicted molar refractivity (Wildman–Crippen MR) is 442 cm³/mol. The molecule has 0 fully saturated rings. The summed E-state index contributed by atoms with van der Waals surface area (Å²) >= 11 is 7.60. The fourth-order valence-corrected chi connectivity index (χ4v) is 19.0. The molecule has 0 amide bonds. The zero-order chi connectivity index (χ0) is 70.5. The maximum Gasteiger partial charge on any atom is 0.309 e. The lowest BCUT2D eigenvalue weighted by Gasteiger charge is -2.22. The molecule has 0 radical (unpaired) electrons. The first kappa shape index (κ1) is 75.4. The van der Waals surface area contributed by atoms with Gasteiger partial charge in [0.05, 0.1) is 30.6 Å². The minimum atomic E-state index is -0.611. The number of hydrogen-bond donors (Lipinski definition) is 0. The molecule has 8 aromatic carbocycles. The second kappa shape index (κ2) is 37.6. The van der Waals surface area contributed by atoms with Crippen LogP contribution >= 0.6 is 45.3 Å². The van der Waals surface area contributed by atoms with E-state index < -0.39 is 10.8 Å². The van der Waals surface area contributed by atoms with Crippen molar-refractivity contribution in [2.45, 2.75) is 183 Å². The quantitative estimate of drug-likeness (QED) is 0.0331. The van der Waals surface area contributed by atoms with Gasteiger partial charge in [-0.25, -0.2) is 0 Å². The predicted octanol–water partition coefficient (Wildman–Crippen LogP) is 28.8. The molecule has 12 rings (SSSR count). The number of ether oxygens (including phenoxy) is 2. The Hall–Kier alpha value is -7.31. The normalized spacial score (nSPS) is 13.0. The Morgan fingerprint density at radius 3 is 0.880 bits per heavy atom. The second-order valence-corrected chi connectivity index (χ2v) is 32.5. The summed E-state index contributed by atoms with van der Waals surface area (Å²) in [5.74, 6) is -0.0405. The number of allylic oxidation sites excluding steroid dienone is 2. The van der Waals surface area contributed by atoms with Crippen molar-refractivity contribution in [1.82, 2.24) is 0 Å². The number of hydrogen-bond acceptors (Lipinski definition) is 9. The Labute approximate surface area is 614 Å². The van der Waals surface area contributed by atoms with Crippen molar-refractivity contribution in [2.24, 2.45) is 11.8 Å². The monoisotopic (exact) mass is 1420 g/mol. The van der Waals surface area contributed by atoms with E-state index in [1.165, 1.54) is 153 Å². The summed E-state index contributed by atoms with van der Waals surface area (Å²) < 4.78 is 32.8. The highest BCUT2D eigenvalue weighted by Crippen LogP contribution is 2.48. The van der Waals surface area contributed by atoms with E-state index >= 15 is 0 Å². The van der Waals surface area contributed by atoms with Crippen LogP contribution in [0.3, 0.4) is 0 Å². The molecule has 100 heavy (non-hydrogen) atoms. The summed E-state index contributed by atoms with van der Waals surface area (Å²) in [6.07, 6.45) is 30.3. The molecule has 0 aliphatic rings. The third kappa shape index (κ3) is 19.2. The SMILES string of the molecule is CC=Cc1ccc(-c2ccc3c(c2)sc2c4ccc(-c5ccc(C=CC)cc5)cc4sc32)cc1.CCCCCCC(CCCC)C(=O)OC(CC)c1ccc(-c2ccc3c(c2)sc2c4ccc(-c5ccc(C(CC)OC(=O)C(CCCC)CCCCCC)cc5)cc4sc32)cc1.CS(C)=O. The maximum atomic E-state index is 13.4. The fourth-order valence-electron chi connectivity index (χ4n) is 13.5. The molecule has 0 aliphatic carbocycles. The van der Waals surface area contributed by atoms with Crippen LogP contribution in [-0.2, 0) is 29.9 Å². The molecular formula is C90H102O5S5. The van der Waals surface area contributed by atoms with Gasteiger partial charge in [0.25, 0.3) is 0 Å². The van der Waals surface area contributed by atoms with Gasteiger partial charge in [0.1, 0.15) is 12.2 Å². The number of rotatable bonds is 30. The Kier molecular flexibility index (Phi) is 28.3. The number of benzene rings is 8. The number of esters is 2. The molecule has 5 nitrogen and oxygen atoms in total. The number of unbranched alkanes of at least 4 members (excludes halogenated alkanes) is 8. The van der Waals surface area contributed by atoms with Gasteiger partial charge < -0.3 is 9.47 Å². The minimum absolute atomic E-state index is 0.00111. The average Bonchev–Trinajstić information content (AvgIpc) is 1.60. The van der Waals surface area contributed by atoms with Gasteiger partial charge in [-0.05, 0) is 143 Å². The van der Waals surface area contributed by atoms with Gasteiger partial charge in [-0.2, -0.15) is 0 Å². The lowest BCUT2D eigenvalue weighted by Crippen LogP contribution is -2.20. The number of fused-ring (bicyclic) bond motifs is 10. The standard InChI is InChI=1S/C56H72O4S2.C32H24S2.C2H6OS/c1-7-13-17-19-23-43(21-15-9-3)55(57)59-49(11-5)41-29-25-39(26-30-41)45-33-35-47-51(37-45)61-54-48-36-34-46(38-52(48)62-53(47)54)40-27-31-42(32-28-40)50(12-6)60-56(58)44(22-16-10-4)24-20-18-14-8-2;1-3-5-21-7-11-23(12-8-21)25-15-17-27-29(19-25)33-32-28-18-16-26(20-30(28)34-31(27)32)24-13-9-22(6-4-2)10-14-24;1-4(2)3/h25-38,43-44,49-50H,7-24H2,1-6H3;3-20H,1-2H3;1-2H3. The van der Waals surface area contributed by atoms with E-state index in [-0.39, 0.29) is 36.0 Å². The highest BCUT2D eigenvalue weighted by atomic mass is 32.2. The van der Waals surface area contributed by atoms with E-state index in [4.69, 9.17) is 9.47 Å². The van der Waals surface area contributed by atoms with E-state index in [0.29, 0.717) is 0 Å². The Bertz CT molecular complexity index is 4400. The largest absolute Gasteiger partial charge is 0.457 e. The summed E-state index contributed by atoms with van der Waals surface area (Å²) in [5.41, 5.74) is 14.4. The van der Waals surface area contributed by atoms with Crippen molar-refractivity contribution in [1.29, 1.82) is 0 Å². The van der Waals surface area contributed by atoms with Crippen LogP contribution < -0.4 is 0 Å². The van der Waals surface area contributed by atoms with Gasteiger partial charge in [-0.15, -0.1) is 45.3 Å². The summed E-state index contributed by atoms with van der Waals surface area (Å²) in [7, 11) is -0.611. The van der Waals surface area contributed by atoms with E-state index in [0.717, 1.165) is 88.2 Å². The first-order valence-electron chi connectivity index (χ1n) is 36.9. The average molecular weight is 1420 g/mol. The third-order valence-electron chi connectivity index (χ3n) is 19.2. The molecule has 4 unspecified atom stereocenters. The van der Waals surface area contributed by atoms with Crippen LogP contribution in [0.1, 0.15) is 205 Å². The van der Waals surface area contributed by atoms with Gasteiger partial charge >= 0.3 is 11.9 Å². The van der Waals surface area contributed by atoms with E-state index in [9.17, 15) is 13.8 Å². The van der Waals surface area contributed by atoms with Crippen LogP contribution in [0.2, 0.25) is 0 Å². The van der Waals surface area contributed by atoms with E-state index in [2.05, 4.69) is 250 Å². The molecular weight excluding hydrogens is 1320 g/mol. The molecule has 0 saturated heterocycles. The highest BCUT2D eigenvalue weighted by Gasteiger charge is 2.26. The lowest BCUT2D eigenvalue weighted by molar-refractivity contribution is -0.156. The Morgan fingerprint density at radius 1 is 0.360 bits per heavy atom. The molecule has 4 aromatic heterocycles. The summed E-state index contributed by atoms with van der Waals surface area (Å²) in [6, 6.07) is 62.5. The van der Waals surface area contributed by atoms with Crippen LogP contribution in [0.5, 0.6) is 0 Å². The second-order valence-electron chi connectivity index (χ2n) is 26.8. The van der Waals surface area contributed by atoms with Crippen molar-refractivity contribution >= 4 is 139 Å². The topological polar surface area (TPSA) is 69.7 Å². The van der Waals surface area contributed by atoms with Crippen LogP contribution in [0.25, 0.3) is 116 Å². The highest BCUT2D eigenvalue weighted by molar-refractivity contribution is 7.83. The Morgan fingerprint density at radius 2 is 0.620 bits per heavy atom.